The molecule has 0 aliphatic carbocycles. The monoisotopic (exact) mass is 330 g/mol. The predicted octanol–water partition coefficient (Wildman–Crippen LogP) is 4.06. The lowest BCUT2D eigenvalue weighted by atomic mass is 9.78. The van der Waals surface area contributed by atoms with E-state index in [9.17, 15) is 4.79 Å². The van der Waals surface area contributed by atoms with E-state index < -0.39 is 5.97 Å². The lowest BCUT2D eigenvalue weighted by Gasteiger charge is -2.27. The molecule has 0 radical (unpaired) electrons. The highest BCUT2D eigenvalue weighted by Crippen LogP contribution is 2.45. The molecule has 0 saturated carbocycles. The molecule has 0 spiro atoms. The first kappa shape index (κ1) is 17.0. The summed E-state index contributed by atoms with van der Waals surface area (Å²) in [7, 11) is 0. The molecule has 3 rings (SSSR count). The molecule has 2 fully saturated rings. The average Bonchev–Trinajstić information content (AvgIpc) is 3.18. The fourth-order valence-electron chi connectivity index (χ4n) is 3.88. The van der Waals surface area contributed by atoms with Crippen LogP contribution >= 0.6 is 0 Å². The van der Waals surface area contributed by atoms with Crippen LogP contribution in [0.3, 0.4) is 0 Å². The zero-order chi connectivity index (χ0) is 16.8. The fraction of sp³-hybridized carbons (Fsp3) is 0.550. The second kappa shape index (κ2) is 8.34. The molecule has 0 unspecified atom stereocenters. The van der Waals surface area contributed by atoms with Crippen molar-refractivity contribution in [2.75, 3.05) is 6.61 Å². The van der Waals surface area contributed by atoms with Crippen LogP contribution in [0, 0.1) is 11.8 Å². The van der Waals surface area contributed by atoms with E-state index >= 15 is 0 Å². The number of ether oxygens (including phenoxy) is 2. The summed E-state index contributed by atoms with van der Waals surface area (Å²) < 4.78 is 12.1. The first-order valence-corrected chi connectivity index (χ1v) is 8.94. The van der Waals surface area contributed by atoms with E-state index in [1.165, 1.54) is 0 Å². The third kappa shape index (κ3) is 4.38. The first-order chi connectivity index (χ1) is 11.7. The van der Waals surface area contributed by atoms with E-state index in [4.69, 9.17) is 14.6 Å². The van der Waals surface area contributed by atoms with E-state index in [1.807, 2.05) is 30.3 Å². The third-order valence-electron chi connectivity index (χ3n) is 5.11. The molecule has 0 amide bonds. The van der Waals surface area contributed by atoms with Gasteiger partial charge in [0, 0.05) is 12.3 Å². The summed E-state index contributed by atoms with van der Waals surface area (Å²) in [5.41, 5.74) is 0. The average molecular weight is 330 g/mol. The van der Waals surface area contributed by atoms with Crippen LogP contribution in [0.2, 0.25) is 0 Å². The molecule has 2 heterocycles. The molecule has 2 saturated heterocycles. The minimum Gasteiger partial charge on any atom is -0.493 e. The molecule has 4 nitrogen and oxygen atoms in total. The number of allylic oxidation sites excluding steroid dienone is 2. The van der Waals surface area contributed by atoms with Gasteiger partial charge >= 0.3 is 5.97 Å². The van der Waals surface area contributed by atoms with Crippen molar-refractivity contribution in [2.45, 2.75) is 50.7 Å². The van der Waals surface area contributed by atoms with Crippen molar-refractivity contribution in [3.05, 3.63) is 42.5 Å². The molecule has 1 aromatic carbocycles. The lowest BCUT2D eigenvalue weighted by Crippen LogP contribution is -2.31. The molecule has 0 aromatic heterocycles. The third-order valence-corrected chi connectivity index (χ3v) is 5.11. The van der Waals surface area contributed by atoms with Gasteiger partial charge in [0.15, 0.2) is 0 Å². The number of para-hydroxylation sites is 1. The van der Waals surface area contributed by atoms with Crippen molar-refractivity contribution >= 4 is 5.97 Å². The predicted molar refractivity (Wildman–Crippen MR) is 92.1 cm³/mol. The molecule has 2 bridgehead atoms. The van der Waals surface area contributed by atoms with Crippen LogP contribution in [0.4, 0.5) is 0 Å². The molecular formula is C20H26O4. The summed E-state index contributed by atoms with van der Waals surface area (Å²) in [6.07, 6.45) is 10.1. The van der Waals surface area contributed by atoms with Gasteiger partial charge in [-0.2, -0.15) is 0 Å². The van der Waals surface area contributed by atoms with E-state index in [0.717, 1.165) is 31.4 Å². The summed E-state index contributed by atoms with van der Waals surface area (Å²) in [4.78, 5) is 10.5. The number of unbranched alkanes of at least 4 members (excludes halogenated alkanes) is 1. The largest absolute Gasteiger partial charge is 0.493 e. The Morgan fingerprint density at radius 1 is 1.17 bits per heavy atom. The smallest absolute Gasteiger partial charge is 0.303 e. The van der Waals surface area contributed by atoms with Gasteiger partial charge in [-0.05, 0) is 50.2 Å². The van der Waals surface area contributed by atoms with Gasteiger partial charge in [0.25, 0.3) is 0 Å². The Bertz CT molecular complexity index is 554. The highest BCUT2D eigenvalue weighted by Gasteiger charge is 2.48. The maximum atomic E-state index is 10.5. The number of benzene rings is 1. The van der Waals surface area contributed by atoms with Crippen molar-refractivity contribution in [1.82, 2.24) is 0 Å². The SMILES string of the molecule is O=C(O)CCC/C=C\C[C@@H]1[C@H](COc2ccccc2)[C@@H]2CC[C@H]1O2. The fourth-order valence-corrected chi connectivity index (χ4v) is 3.88. The molecule has 4 heteroatoms. The Kier molecular flexibility index (Phi) is 5.91. The number of hydrogen-bond acceptors (Lipinski definition) is 3. The number of carboxylic acids is 1. The number of carboxylic acid groups (broad SMARTS) is 1. The lowest BCUT2D eigenvalue weighted by molar-refractivity contribution is -0.137. The van der Waals surface area contributed by atoms with Gasteiger partial charge in [0.05, 0.1) is 18.8 Å². The van der Waals surface area contributed by atoms with Crippen LogP contribution in [-0.2, 0) is 9.53 Å². The quantitative estimate of drug-likeness (QED) is 0.548. The highest BCUT2D eigenvalue weighted by molar-refractivity contribution is 5.66. The van der Waals surface area contributed by atoms with Crippen LogP contribution < -0.4 is 4.74 Å². The Labute approximate surface area is 143 Å². The molecule has 1 N–H and O–H groups in total. The van der Waals surface area contributed by atoms with E-state index in [2.05, 4.69) is 12.2 Å². The number of rotatable bonds is 9. The van der Waals surface area contributed by atoms with Gasteiger partial charge in [-0.3, -0.25) is 4.79 Å². The van der Waals surface area contributed by atoms with Crippen LogP contribution in [0.15, 0.2) is 42.5 Å². The van der Waals surface area contributed by atoms with Crippen molar-refractivity contribution in [2.24, 2.45) is 11.8 Å². The van der Waals surface area contributed by atoms with E-state index in [1.54, 1.807) is 0 Å². The van der Waals surface area contributed by atoms with Crippen LogP contribution in [0.5, 0.6) is 5.75 Å². The summed E-state index contributed by atoms with van der Waals surface area (Å²) >= 11 is 0. The Morgan fingerprint density at radius 3 is 2.67 bits per heavy atom. The number of carbonyl (C=O) groups is 1. The Morgan fingerprint density at radius 2 is 1.92 bits per heavy atom. The zero-order valence-electron chi connectivity index (χ0n) is 14.0. The van der Waals surface area contributed by atoms with Gasteiger partial charge < -0.3 is 14.6 Å². The summed E-state index contributed by atoms with van der Waals surface area (Å²) in [6.45, 7) is 0.711. The van der Waals surface area contributed by atoms with Crippen molar-refractivity contribution in [3.63, 3.8) is 0 Å². The van der Waals surface area contributed by atoms with Crippen LogP contribution in [-0.4, -0.2) is 29.9 Å². The molecule has 4 atom stereocenters. The van der Waals surface area contributed by atoms with Gasteiger partial charge in [0.2, 0.25) is 0 Å². The molecule has 2 aliphatic rings. The standard InChI is InChI=1S/C20H26O4/c21-20(22)11-7-2-1-6-10-16-17(19-13-12-18(16)24-19)14-23-15-8-4-3-5-9-15/h1,3-6,8-9,16-19H,2,7,10-14H2,(H,21,22)/b6-1-/t16-,17+,18-,19+/m1/s1. The molecular weight excluding hydrogens is 304 g/mol. The zero-order valence-corrected chi connectivity index (χ0v) is 14.0. The van der Waals surface area contributed by atoms with E-state index in [0.29, 0.717) is 37.1 Å². The van der Waals surface area contributed by atoms with Gasteiger partial charge in [-0.15, -0.1) is 0 Å². The molecule has 1 aromatic rings. The minimum absolute atomic E-state index is 0.245. The second-order valence-corrected chi connectivity index (χ2v) is 6.74. The van der Waals surface area contributed by atoms with Gasteiger partial charge in [-0.25, -0.2) is 0 Å². The maximum absolute atomic E-state index is 10.5. The molecule has 130 valence electrons. The van der Waals surface area contributed by atoms with Crippen molar-refractivity contribution < 1.29 is 19.4 Å². The highest BCUT2D eigenvalue weighted by atomic mass is 16.5. The maximum Gasteiger partial charge on any atom is 0.303 e. The topological polar surface area (TPSA) is 55.8 Å². The molecule has 2 aliphatic heterocycles. The normalized spacial score (nSPS) is 28.5. The van der Waals surface area contributed by atoms with Crippen LogP contribution in [0.1, 0.15) is 38.5 Å². The first-order valence-electron chi connectivity index (χ1n) is 8.94. The van der Waals surface area contributed by atoms with E-state index in [-0.39, 0.29) is 6.42 Å². The number of hydrogen-bond donors (Lipinski definition) is 1. The summed E-state index contributed by atoms with van der Waals surface area (Å²) in [5, 5.41) is 8.65. The Hall–Kier alpha value is -1.81. The van der Waals surface area contributed by atoms with Gasteiger partial charge in [-0.1, -0.05) is 30.4 Å². The Balaban J connectivity index is 1.47. The summed E-state index contributed by atoms with van der Waals surface area (Å²) in [5.74, 6) is 1.17. The molecule has 24 heavy (non-hydrogen) atoms. The number of fused-ring (bicyclic) bond motifs is 2. The van der Waals surface area contributed by atoms with Gasteiger partial charge in [0.1, 0.15) is 5.75 Å². The van der Waals surface area contributed by atoms with Crippen molar-refractivity contribution in [3.8, 4) is 5.75 Å². The number of aliphatic carboxylic acids is 1. The second-order valence-electron chi connectivity index (χ2n) is 6.74. The van der Waals surface area contributed by atoms with Crippen LogP contribution in [0.25, 0.3) is 0 Å². The minimum atomic E-state index is -0.719. The van der Waals surface area contributed by atoms with Crippen molar-refractivity contribution in [1.29, 1.82) is 0 Å². The summed E-state index contributed by atoms with van der Waals surface area (Å²) in [6, 6.07) is 9.95.